The number of thiophene rings is 1. The molecular formula is C59H72N2O2S. The molecule has 0 aliphatic rings. The SMILES string of the molecule is CCCCCCC(/C=C(C)/C(C)=C/c1sc(/C=C(C)/C=C(/C#N)C(=O)O)c(C)c1C)=C(/C)C(C)C(C)/C(CCCCCC)=C(\C)c1ccc(-n2c3ccccc3c3ccccc32)cc1. The van der Waals surface area contributed by atoms with Crippen molar-refractivity contribution in [2.24, 2.45) is 11.8 Å². The number of fused-ring (bicyclic) bond motifs is 3. The molecule has 0 fully saturated rings. The van der Waals surface area contributed by atoms with E-state index >= 15 is 0 Å². The summed E-state index contributed by atoms with van der Waals surface area (Å²) in [4.78, 5) is 13.7. The Labute approximate surface area is 389 Å². The molecule has 3 aromatic carbocycles. The molecule has 0 aliphatic heterocycles. The van der Waals surface area contributed by atoms with Crippen LogP contribution in [-0.4, -0.2) is 15.6 Å². The van der Waals surface area contributed by atoms with E-state index in [0.717, 1.165) is 23.3 Å². The first-order chi connectivity index (χ1) is 30.7. The second-order valence-corrected chi connectivity index (χ2v) is 19.2. The number of allylic oxidation sites excluding steroid dienone is 9. The van der Waals surface area contributed by atoms with Gasteiger partial charge in [0.25, 0.3) is 0 Å². The lowest BCUT2D eigenvalue weighted by molar-refractivity contribution is -0.132. The highest BCUT2D eigenvalue weighted by Gasteiger charge is 2.23. The van der Waals surface area contributed by atoms with Crippen LogP contribution in [0.15, 0.2) is 124 Å². The average molecular weight is 873 g/mol. The number of benzene rings is 3. The van der Waals surface area contributed by atoms with Gasteiger partial charge in [0, 0.05) is 26.2 Å². The molecule has 2 unspecified atom stereocenters. The molecule has 64 heavy (non-hydrogen) atoms. The third-order valence-electron chi connectivity index (χ3n) is 13.7. The zero-order chi connectivity index (χ0) is 46.5. The molecule has 0 bridgehead atoms. The van der Waals surface area contributed by atoms with Crippen LogP contribution < -0.4 is 0 Å². The fourth-order valence-electron chi connectivity index (χ4n) is 9.06. The Bertz CT molecular complexity index is 2610. The first-order valence-corrected chi connectivity index (χ1v) is 24.5. The smallest absolute Gasteiger partial charge is 0.346 e. The minimum atomic E-state index is -1.21. The Hall–Kier alpha value is -5.44. The number of carbonyl (C=O) groups is 1. The van der Waals surface area contributed by atoms with E-state index in [2.05, 4.69) is 159 Å². The molecule has 2 aromatic heterocycles. The van der Waals surface area contributed by atoms with Crippen molar-refractivity contribution < 1.29 is 9.90 Å². The number of unbranched alkanes of at least 4 members (excludes halogenated alkanes) is 6. The number of carboxylic acids is 1. The topological polar surface area (TPSA) is 66.0 Å². The van der Waals surface area contributed by atoms with E-state index in [1.807, 2.05) is 13.0 Å². The van der Waals surface area contributed by atoms with E-state index < -0.39 is 5.97 Å². The Morgan fingerprint density at radius 2 is 1.25 bits per heavy atom. The number of nitriles is 1. The van der Waals surface area contributed by atoms with Crippen LogP contribution in [-0.2, 0) is 4.79 Å². The maximum Gasteiger partial charge on any atom is 0.346 e. The summed E-state index contributed by atoms with van der Waals surface area (Å²) in [6, 6.07) is 28.6. The van der Waals surface area contributed by atoms with Gasteiger partial charge in [0.15, 0.2) is 0 Å². The highest BCUT2D eigenvalue weighted by atomic mass is 32.1. The summed E-state index contributed by atoms with van der Waals surface area (Å²) >= 11 is 1.71. The number of nitrogens with zero attached hydrogens (tertiary/aromatic N) is 2. The van der Waals surface area contributed by atoms with E-state index in [4.69, 9.17) is 0 Å². The molecule has 0 saturated carbocycles. The van der Waals surface area contributed by atoms with Crippen LogP contribution in [0.5, 0.6) is 0 Å². The Kier molecular flexibility index (Phi) is 18.2. The molecule has 4 nitrogen and oxygen atoms in total. The normalized spacial score (nSPS) is 14.7. The summed E-state index contributed by atoms with van der Waals surface area (Å²) in [7, 11) is 0. The molecule has 0 aliphatic carbocycles. The van der Waals surface area contributed by atoms with Crippen LogP contribution in [0.25, 0.3) is 45.2 Å². The van der Waals surface area contributed by atoms with E-state index in [1.165, 1.54) is 134 Å². The number of rotatable bonds is 21. The Morgan fingerprint density at radius 1 is 0.703 bits per heavy atom. The zero-order valence-corrected chi connectivity index (χ0v) is 41.4. The highest BCUT2D eigenvalue weighted by Crippen LogP contribution is 2.39. The lowest BCUT2D eigenvalue weighted by Gasteiger charge is -2.28. The summed E-state index contributed by atoms with van der Waals surface area (Å²) in [6.45, 7) is 24.9. The van der Waals surface area contributed by atoms with Gasteiger partial charge in [0.2, 0.25) is 0 Å². The number of carboxylic acid groups (broad SMARTS) is 1. The lowest BCUT2D eigenvalue weighted by Crippen LogP contribution is -2.15. The molecule has 5 aromatic rings. The van der Waals surface area contributed by atoms with Gasteiger partial charge in [-0.05, 0) is 173 Å². The van der Waals surface area contributed by atoms with Crippen LogP contribution in [0.4, 0.5) is 0 Å². The fraction of sp³-hybridized carbons (Fsp3) is 0.390. The summed E-state index contributed by atoms with van der Waals surface area (Å²) < 4.78 is 2.41. The quantitative estimate of drug-likeness (QED) is 0.0346. The van der Waals surface area contributed by atoms with Crippen LogP contribution in [0.3, 0.4) is 0 Å². The average Bonchev–Trinajstić information content (AvgIpc) is 3.77. The van der Waals surface area contributed by atoms with Gasteiger partial charge in [0.1, 0.15) is 11.6 Å². The van der Waals surface area contributed by atoms with E-state index in [-0.39, 0.29) is 5.57 Å². The molecular weight excluding hydrogens is 801 g/mol. The minimum absolute atomic E-state index is 0.259. The molecule has 5 rings (SSSR count). The van der Waals surface area contributed by atoms with Gasteiger partial charge in [-0.15, -0.1) is 11.3 Å². The van der Waals surface area contributed by atoms with Gasteiger partial charge in [-0.25, -0.2) is 4.79 Å². The van der Waals surface area contributed by atoms with E-state index in [1.54, 1.807) is 23.0 Å². The van der Waals surface area contributed by atoms with Crippen molar-refractivity contribution in [1.82, 2.24) is 4.57 Å². The molecule has 2 heterocycles. The predicted octanol–water partition coefficient (Wildman–Crippen LogP) is 17.8. The van der Waals surface area contributed by atoms with Crippen molar-refractivity contribution in [3.8, 4) is 11.8 Å². The molecule has 0 amide bonds. The monoisotopic (exact) mass is 873 g/mol. The van der Waals surface area contributed by atoms with Crippen LogP contribution in [0.1, 0.15) is 153 Å². The van der Waals surface area contributed by atoms with Crippen molar-refractivity contribution in [3.05, 3.63) is 150 Å². The van der Waals surface area contributed by atoms with Gasteiger partial charge in [-0.2, -0.15) is 5.26 Å². The maximum atomic E-state index is 11.4. The van der Waals surface area contributed by atoms with Crippen LogP contribution >= 0.6 is 11.3 Å². The van der Waals surface area contributed by atoms with Crippen LogP contribution in [0.2, 0.25) is 0 Å². The lowest BCUT2D eigenvalue weighted by atomic mass is 9.77. The highest BCUT2D eigenvalue weighted by molar-refractivity contribution is 7.14. The van der Waals surface area contributed by atoms with Gasteiger partial charge >= 0.3 is 5.97 Å². The van der Waals surface area contributed by atoms with Crippen molar-refractivity contribution in [2.45, 2.75) is 140 Å². The van der Waals surface area contributed by atoms with Crippen LogP contribution in [0, 0.1) is 37.0 Å². The number of aliphatic carboxylic acids is 1. The Balaban J connectivity index is 1.49. The number of para-hydroxylation sites is 2. The maximum absolute atomic E-state index is 11.4. The fourth-order valence-corrected chi connectivity index (χ4v) is 10.4. The second kappa shape index (κ2) is 23.5. The van der Waals surface area contributed by atoms with E-state index in [0.29, 0.717) is 11.8 Å². The number of hydrogen-bond acceptors (Lipinski definition) is 3. The molecule has 336 valence electrons. The van der Waals surface area contributed by atoms with Gasteiger partial charge in [-0.1, -0.05) is 132 Å². The minimum Gasteiger partial charge on any atom is -0.477 e. The molecule has 5 heteroatoms. The molecule has 0 radical (unpaired) electrons. The first-order valence-electron chi connectivity index (χ1n) is 23.7. The van der Waals surface area contributed by atoms with E-state index in [9.17, 15) is 15.2 Å². The molecule has 0 spiro atoms. The molecule has 2 atom stereocenters. The summed E-state index contributed by atoms with van der Waals surface area (Å²) in [5, 5.41) is 21.2. The summed E-state index contributed by atoms with van der Waals surface area (Å²) in [5.41, 5.74) is 16.3. The summed E-state index contributed by atoms with van der Waals surface area (Å²) in [6.07, 6.45) is 20.3. The van der Waals surface area contributed by atoms with Crippen molar-refractivity contribution in [3.63, 3.8) is 0 Å². The van der Waals surface area contributed by atoms with Crippen molar-refractivity contribution in [1.29, 1.82) is 5.26 Å². The van der Waals surface area contributed by atoms with Crippen molar-refractivity contribution in [2.75, 3.05) is 0 Å². The first kappa shape index (κ1) is 49.6. The van der Waals surface area contributed by atoms with Gasteiger partial charge in [0.05, 0.1) is 11.0 Å². The largest absolute Gasteiger partial charge is 0.477 e. The second-order valence-electron chi connectivity index (χ2n) is 18.1. The van der Waals surface area contributed by atoms with Crippen molar-refractivity contribution >= 4 is 56.8 Å². The number of hydrogen-bond donors (Lipinski definition) is 1. The zero-order valence-electron chi connectivity index (χ0n) is 40.6. The van der Waals surface area contributed by atoms with Gasteiger partial charge in [-0.3, -0.25) is 0 Å². The standard InChI is InChI=1S/C59H72N2O2S/c1-12-14-16-18-24-49(36-40(4)41(5)37-58-46(10)45(9)57(64-58)35-39(3)34-50(38-60)59(62)63)43(7)42(6)44(8)52(25-19-17-15-13-2)47(11)48-30-32-51(33-31-48)61-55-28-22-20-26-53(55)54-27-21-23-29-56(54)61/h20-23,26-37,42,44H,12-19,24-25H2,1-11H3,(H,62,63)/b39-35+,40-36+,41-37+,49-43+,50-34-,52-47+. The summed E-state index contributed by atoms with van der Waals surface area (Å²) in [5.74, 6) is -0.448. The van der Waals surface area contributed by atoms with Gasteiger partial charge < -0.3 is 9.67 Å². The third kappa shape index (κ3) is 12.0. The molecule has 0 saturated heterocycles. The Morgan fingerprint density at radius 3 is 1.80 bits per heavy atom. The number of aromatic nitrogens is 1. The predicted molar refractivity (Wildman–Crippen MR) is 278 cm³/mol. The molecule has 1 N–H and O–H groups in total. The third-order valence-corrected chi connectivity index (χ3v) is 15.0.